The molecule has 0 saturated carbocycles. The van der Waals surface area contributed by atoms with Gasteiger partial charge in [-0.25, -0.2) is 0 Å². The minimum Gasteiger partial charge on any atom is -0.481 e. The summed E-state index contributed by atoms with van der Waals surface area (Å²) in [4.78, 5) is 30.9. The maximum atomic E-state index is 10.3. The van der Waals surface area contributed by atoms with Crippen LogP contribution < -0.4 is 0 Å². The maximum Gasteiger partial charge on any atom is 0.303 e. The molecule has 0 saturated heterocycles. The number of aryl methyl sites for hydroxylation is 2. The number of hydrogen-bond donors (Lipinski definition) is 3. The molecule has 0 aliphatic carbocycles. The van der Waals surface area contributed by atoms with Crippen LogP contribution in [-0.2, 0) is 33.6 Å². The van der Waals surface area contributed by atoms with Crippen LogP contribution in [0.3, 0.4) is 0 Å². The van der Waals surface area contributed by atoms with Crippen LogP contribution in [0.15, 0.2) is 48.5 Å². The van der Waals surface area contributed by atoms with Crippen molar-refractivity contribution in [3.63, 3.8) is 0 Å². The molecule has 0 aromatic heterocycles. The molecule has 0 unspecified atom stereocenters. The van der Waals surface area contributed by atoms with E-state index in [1.807, 2.05) is 6.07 Å². The summed E-state index contributed by atoms with van der Waals surface area (Å²) in [6, 6.07) is 13.8. The molecule has 6 nitrogen and oxygen atoms in total. The fourth-order valence-corrected chi connectivity index (χ4v) is 5.11. The Kier molecular flexibility index (Phi) is 19.9. The SMILES string of the molecule is O=C(O)CCCCc1c(Cl)ccc(Cl)c1Cl.O=C(O)CCCCc1cc(Cl)ccc1Cl.O=C(O)CCc1ccc(Cl)c(Cl)c1. The Morgan fingerprint density at radius 3 is 1.59 bits per heavy atom. The second-order valence-electron chi connectivity index (χ2n) is 9.40. The van der Waals surface area contributed by atoms with E-state index < -0.39 is 17.9 Å². The van der Waals surface area contributed by atoms with Crippen LogP contribution in [0.1, 0.15) is 61.6 Å². The van der Waals surface area contributed by atoms with E-state index in [1.165, 1.54) is 0 Å². The number of aliphatic carboxylic acids is 3. The summed E-state index contributed by atoms with van der Waals surface area (Å²) in [5.41, 5.74) is 2.66. The molecule has 44 heavy (non-hydrogen) atoms. The Hall–Kier alpha value is -1.90. The molecule has 13 heteroatoms. The number of unbranched alkanes of at least 4 members (excludes halogenated alkanes) is 2. The Morgan fingerprint density at radius 1 is 0.500 bits per heavy atom. The van der Waals surface area contributed by atoms with Crippen LogP contribution in [0.2, 0.25) is 35.2 Å². The lowest BCUT2D eigenvalue weighted by molar-refractivity contribution is -0.138. The molecule has 0 atom stereocenters. The van der Waals surface area contributed by atoms with Crippen LogP contribution in [-0.4, -0.2) is 33.2 Å². The predicted molar refractivity (Wildman–Crippen MR) is 181 cm³/mol. The number of carbonyl (C=O) groups is 3. The van der Waals surface area contributed by atoms with Crippen molar-refractivity contribution < 1.29 is 29.7 Å². The van der Waals surface area contributed by atoms with E-state index >= 15 is 0 Å². The van der Waals surface area contributed by atoms with E-state index in [-0.39, 0.29) is 19.3 Å². The molecule has 0 radical (unpaired) electrons. The van der Waals surface area contributed by atoms with E-state index in [0.29, 0.717) is 60.8 Å². The Bertz CT molecular complexity index is 1400. The van der Waals surface area contributed by atoms with Crippen LogP contribution in [0.5, 0.6) is 0 Å². The van der Waals surface area contributed by atoms with Gasteiger partial charge >= 0.3 is 17.9 Å². The largest absolute Gasteiger partial charge is 0.481 e. The van der Waals surface area contributed by atoms with Gasteiger partial charge in [-0.05, 0) is 104 Å². The molecule has 240 valence electrons. The van der Waals surface area contributed by atoms with Gasteiger partial charge in [0.05, 0.1) is 20.1 Å². The fraction of sp³-hybridized carbons (Fsp3) is 0.323. The average Bonchev–Trinajstić information content (AvgIpc) is 2.95. The molecule has 0 amide bonds. The van der Waals surface area contributed by atoms with Gasteiger partial charge in [0.15, 0.2) is 0 Å². The minimum atomic E-state index is -0.814. The summed E-state index contributed by atoms with van der Waals surface area (Å²) < 4.78 is 0. The van der Waals surface area contributed by atoms with Gasteiger partial charge < -0.3 is 15.3 Å². The first-order valence-electron chi connectivity index (χ1n) is 13.4. The fourth-order valence-electron chi connectivity index (χ4n) is 3.65. The van der Waals surface area contributed by atoms with Crippen molar-refractivity contribution in [2.75, 3.05) is 0 Å². The Balaban J connectivity index is 0.000000332. The van der Waals surface area contributed by atoms with E-state index in [1.54, 1.807) is 42.5 Å². The summed E-state index contributed by atoms with van der Waals surface area (Å²) in [5, 5.41) is 29.2. The summed E-state index contributed by atoms with van der Waals surface area (Å²) in [7, 11) is 0. The number of rotatable bonds is 13. The van der Waals surface area contributed by atoms with Gasteiger partial charge in [0.1, 0.15) is 0 Å². The molecule has 0 aliphatic heterocycles. The molecular formula is C31H31Cl7O6. The number of carboxylic acids is 3. The summed E-state index contributed by atoms with van der Waals surface area (Å²) in [5.74, 6) is -2.36. The monoisotopic (exact) mass is 744 g/mol. The lowest BCUT2D eigenvalue weighted by Crippen LogP contribution is -1.97. The third-order valence-corrected chi connectivity index (χ3v) is 8.45. The third-order valence-electron chi connectivity index (χ3n) is 5.91. The van der Waals surface area contributed by atoms with Gasteiger partial charge in [-0.3, -0.25) is 14.4 Å². The molecule has 0 spiro atoms. The Labute approximate surface area is 291 Å². The zero-order valence-electron chi connectivity index (χ0n) is 23.4. The van der Waals surface area contributed by atoms with Crippen molar-refractivity contribution in [2.45, 2.75) is 64.2 Å². The van der Waals surface area contributed by atoms with E-state index in [9.17, 15) is 14.4 Å². The van der Waals surface area contributed by atoms with Gasteiger partial charge in [0, 0.05) is 34.3 Å². The van der Waals surface area contributed by atoms with Crippen LogP contribution >= 0.6 is 81.2 Å². The summed E-state index contributed by atoms with van der Waals surface area (Å²) >= 11 is 41.1. The van der Waals surface area contributed by atoms with Crippen molar-refractivity contribution in [1.82, 2.24) is 0 Å². The lowest BCUT2D eigenvalue weighted by Gasteiger charge is -2.07. The number of hydrogen-bond acceptors (Lipinski definition) is 3. The quantitative estimate of drug-likeness (QED) is 0.119. The predicted octanol–water partition coefficient (Wildman–Crippen LogP) is 11.2. The molecule has 0 bridgehead atoms. The lowest BCUT2D eigenvalue weighted by atomic mass is 10.1. The molecule has 0 aliphatic rings. The Morgan fingerprint density at radius 2 is 1.02 bits per heavy atom. The highest BCUT2D eigenvalue weighted by Crippen LogP contribution is 2.32. The van der Waals surface area contributed by atoms with Crippen LogP contribution in [0, 0.1) is 0 Å². The van der Waals surface area contributed by atoms with Crippen molar-refractivity contribution in [2.24, 2.45) is 0 Å². The highest BCUT2D eigenvalue weighted by atomic mass is 35.5. The molecule has 3 aromatic rings. The normalized spacial score (nSPS) is 10.2. The van der Waals surface area contributed by atoms with Crippen molar-refractivity contribution in [1.29, 1.82) is 0 Å². The van der Waals surface area contributed by atoms with Gasteiger partial charge in [0.25, 0.3) is 0 Å². The van der Waals surface area contributed by atoms with E-state index in [2.05, 4.69) is 0 Å². The van der Waals surface area contributed by atoms with E-state index in [4.69, 9.17) is 96.5 Å². The maximum absolute atomic E-state index is 10.3. The minimum absolute atomic E-state index is 0.109. The molecule has 3 aromatic carbocycles. The zero-order chi connectivity index (χ0) is 33.2. The van der Waals surface area contributed by atoms with Crippen molar-refractivity contribution in [3.8, 4) is 0 Å². The van der Waals surface area contributed by atoms with Gasteiger partial charge in [-0.1, -0.05) is 87.3 Å². The van der Waals surface area contributed by atoms with Crippen molar-refractivity contribution in [3.05, 3.63) is 100 Å². The van der Waals surface area contributed by atoms with Gasteiger partial charge in [-0.2, -0.15) is 0 Å². The summed E-state index contributed by atoms with van der Waals surface area (Å²) in [6.07, 6.45) is 5.18. The average molecular weight is 748 g/mol. The highest BCUT2D eigenvalue weighted by molar-refractivity contribution is 6.44. The molecule has 3 rings (SSSR count). The van der Waals surface area contributed by atoms with Gasteiger partial charge in [0.2, 0.25) is 0 Å². The second-order valence-corrected chi connectivity index (χ2v) is 12.3. The van der Waals surface area contributed by atoms with Crippen LogP contribution in [0.4, 0.5) is 0 Å². The number of benzene rings is 3. The summed E-state index contributed by atoms with van der Waals surface area (Å²) in [6.45, 7) is 0. The molecule has 0 fully saturated rings. The number of carboxylic acid groups (broad SMARTS) is 3. The first-order chi connectivity index (χ1) is 20.7. The highest BCUT2D eigenvalue weighted by Gasteiger charge is 2.09. The van der Waals surface area contributed by atoms with Crippen molar-refractivity contribution >= 4 is 99.1 Å². The van der Waals surface area contributed by atoms with E-state index in [0.717, 1.165) is 36.0 Å². The third kappa shape index (κ3) is 17.0. The molecular weight excluding hydrogens is 717 g/mol. The van der Waals surface area contributed by atoms with Gasteiger partial charge in [-0.15, -0.1) is 0 Å². The topological polar surface area (TPSA) is 112 Å². The molecule has 3 N–H and O–H groups in total. The zero-order valence-corrected chi connectivity index (χ0v) is 28.7. The first-order valence-corrected chi connectivity index (χ1v) is 16.0. The first kappa shape index (κ1) is 40.1. The number of halogens is 7. The second kappa shape index (κ2) is 21.8. The van der Waals surface area contributed by atoms with Crippen LogP contribution in [0.25, 0.3) is 0 Å². The molecule has 0 heterocycles. The smallest absolute Gasteiger partial charge is 0.303 e. The standard InChI is InChI=1S/C11H11Cl3O2.C11H12Cl2O2.C9H8Cl2O2/c12-8-5-6-9(13)11(14)7(8)3-1-2-4-10(15)16;12-9-5-6-10(13)8(7-9)3-1-2-4-11(14)15;10-7-3-1-6(5-8(7)11)2-4-9(12)13/h5-6H,1-4H2,(H,15,16);5-7H,1-4H2,(H,14,15);1,3,5H,2,4H2,(H,12,13).